The summed E-state index contributed by atoms with van der Waals surface area (Å²) in [6.45, 7) is 1.42. The number of likely N-dealkylation sites (N-methyl/N-ethyl adjacent to an activating group) is 1. The number of benzene rings is 1. The molecular weight excluding hydrogens is 340 g/mol. The first-order valence-corrected chi connectivity index (χ1v) is 9.64. The molecule has 0 unspecified atom stereocenters. The molecule has 1 aromatic carbocycles. The first-order valence-electron chi connectivity index (χ1n) is 8.09. The van der Waals surface area contributed by atoms with Crippen LogP contribution in [-0.4, -0.2) is 50.1 Å². The summed E-state index contributed by atoms with van der Waals surface area (Å²) in [6, 6.07) is 6.41. The Kier molecular flexibility index (Phi) is 4.36. The van der Waals surface area contributed by atoms with E-state index in [1.54, 1.807) is 38.4 Å². The molecular formula is C18H20N2O4S. The van der Waals surface area contributed by atoms with Crippen LogP contribution >= 0.6 is 0 Å². The number of nitrogens with zero attached hydrogens (tertiary/aromatic N) is 2. The van der Waals surface area contributed by atoms with Crippen LogP contribution in [0.3, 0.4) is 0 Å². The molecule has 1 aliphatic carbocycles. The molecule has 6 nitrogen and oxygen atoms in total. The van der Waals surface area contributed by atoms with E-state index in [9.17, 15) is 18.0 Å². The lowest BCUT2D eigenvalue weighted by atomic mass is 10.0. The smallest absolute Gasteiger partial charge is 0.251 e. The number of hydrogen-bond donors (Lipinski definition) is 0. The number of ketones is 1. The van der Waals surface area contributed by atoms with Gasteiger partial charge < -0.3 is 4.90 Å². The Labute approximate surface area is 147 Å². The Balaban J connectivity index is 2.00. The predicted octanol–water partition coefficient (Wildman–Crippen LogP) is 1.86. The van der Waals surface area contributed by atoms with Crippen molar-refractivity contribution in [2.75, 3.05) is 14.1 Å². The molecule has 0 bridgehead atoms. The van der Waals surface area contributed by atoms with Crippen molar-refractivity contribution in [3.63, 3.8) is 0 Å². The van der Waals surface area contributed by atoms with E-state index in [0.717, 1.165) is 0 Å². The van der Waals surface area contributed by atoms with Crippen LogP contribution in [0.4, 0.5) is 0 Å². The molecule has 132 valence electrons. The van der Waals surface area contributed by atoms with Gasteiger partial charge in [-0.1, -0.05) is 12.1 Å². The number of hydrogen-bond acceptors (Lipinski definition) is 5. The number of carbonyl (C=O) groups excluding carboxylic acids is 2. The standard InChI is InChI=1S/C18H20N2O4S/c1-11(21)16-10-15(18(22)20(2)3)17(19-16)12-4-6-13(7-5-12)25(23,24)14-8-9-14/h4-7,14H,8-10H2,1-3H3. The van der Waals surface area contributed by atoms with Gasteiger partial charge in [0.05, 0.1) is 21.6 Å². The van der Waals surface area contributed by atoms with Gasteiger partial charge in [0.2, 0.25) is 0 Å². The highest BCUT2D eigenvalue weighted by molar-refractivity contribution is 7.92. The Morgan fingerprint density at radius 1 is 1.12 bits per heavy atom. The SMILES string of the molecule is CC(=O)C1=NC(c2ccc(S(=O)(=O)C3CC3)cc2)=C(C(=O)N(C)C)C1. The number of sulfone groups is 1. The fraction of sp³-hybridized carbons (Fsp3) is 0.389. The van der Waals surface area contributed by atoms with Crippen molar-refractivity contribution in [1.82, 2.24) is 4.90 Å². The van der Waals surface area contributed by atoms with E-state index in [1.165, 1.54) is 11.8 Å². The van der Waals surface area contributed by atoms with Gasteiger partial charge in [-0.3, -0.25) is 9.59 Å². The fourth-order valence-electron chi connectivity index (χ4n) is 2.76. The van der Waals surface area contributed by atoms with Crippen LogP contribution in [0.15, 0.2) is 39.7 Å². The van der Waals surface area contributed by atoms with Crippen LogP contribution < -0.4 is 0 Å². The molecule has 2 aliphatic rings. The van der Waals surface area contributed by atoms with Gasteiger partial charge in [0.1, 0.15) is 0 Å². The van der Waals surface area contributed by atoms with E-state index < -0.39 is 9.84 Å². The van der Waals surface area contributed by atoms with Crippen molar-refractivity contribution < 1.29 is 18.0 Å². The average molecular weight is 360 g/mol. The first kappa shape index (κ1) is 17.5. The summed E-state index contributed by atoms with van der Waals surface area (Å²) >= 11 is 0. The van der Waals surface area contributed by atoms with Crippen LogP contribution in [0.2, 0.25) is 0 Å². The third-order valence-corrected chi connectivity index (χ3v) is 6.65. The van der Waals surface area contributed by atoms with E-state index in [-0.39, 0.29) is 28.3 Å². The minimum atomic E-state index is -3.25. The van der Waals surface area contributed by atoms with Crippen LogP contribution in [0.1, 0.15) is 31.7 Å². The zero-order valence-electron chi connectivity index (χ0n) is 14.4. The molecule has 1 heterocycles. The molecule has 25 heavy (non-hydrogen) atoms. The van der Waals surface area contributed by atoms with Gasteiger partial charge in [0, 0.05) is 38.6 Å². The minimum Gasteiger partial charge on any atom is -0.345 e. The zero-order chi connectivity index (χ0) is 18.4. The van der Waals surface area contributed by atoms with E-state index >= 15 is 0 Å². The lowest BCUT2D eigenvalue weighted by molar-refractivity contribution is -0.124. The Morgan fingerprint density at radius 2 is 1.72 bits per heavy atom. The predicted molar refractivity (Wildman–Crippen MR) is 95.0 cm³/mol. The molecule has 0 spiro atoms. The molecule has 0 aromatic heterocycles. The van der Waals surface area contributed by atoms with Crippen LogP contribution in [-0.2, 0) is 19.4 Å². The molecule has 1 saturated carbocycles. The summed E-state index contributed by atoms with van der Waals surface area (Å²) < 4.78 is 24.6. The second-order valence-electron chi connectivity index (χ2n) is 6.59. The summed E-state index contributed by atoms with van der Waals surface area (Å²) in [5, 5.41) is -0.266. The van der Waals surface area contributed by atoms with Crippen molar-refractivity contribution in [1.29, 1.82) is 0 Å². The molecule has 0 N–H and O–H groups in total. The largest absolute Gasteiger partial charge is 0.345 e. The lowest BCUT2D eigenvalue weighted by Crippen LogP contribution is -2.24. The Morgan fingerprint density at radius 3 is 2.20 bits per heavy atom. The van der Waals surface area contributed by atoms with E-state index in [4.69, 9.17) is 0 Å². The van der Waals surface area contributed by atoms with Crippen molar-refractivity contribution in [3.8, 4) is 0 Å². The second-order valence-corrected chi connectivity index (χ2v) is 8.82. The monoisotopic (exact) mass is 360 g/mol. The molecule has 0 radical (unpaired) electrons. The molecule has 1 fully saturated rings. The summed E-state index contributed by atoms with van der Waals surface area (Å²) in [6.07, 6.45) is 1.62. The molecule has 7 heteroatoms. The van der Waals surface area contributed by atoms with Crippen LogP contribution in [0, 0.1) is 0 Å². The van der Waals surface area contributed by atoms with Crippen LogP contribution in [0.5, 0.6) is 0 Å². The van der Waals surface area contributed by atoms with Gasteiger partial charge in [-0.25, -0.2) is 13.4 Å². The number of rotatable bonds is 5. The van der Waals surface area contributed by atoms with E-state index in [1.807, 2.05) is 0 Å². The maximum atomic E-state index is 12.4. The third-order valence-electron chi connectivity index (χ3n) is 4.37. The van der Waals surface area contributed by atoms with Crippen LogP contribution in [0.25, 0.3) is 5.70 Å². The average Bonchev–Trinajstić information content (AvgIpc) is 3.33. The van der Waals surface area contributed by atoms with Gasteiger partial charge in [0.25, 0.3) is 5.91 Å². The maximum Gasteiger partial charge on any atom is 0.251 e. The fourth-order valence-corrected chi connectivity index (χ4v) is 4.41. The topological polar surface area (TPSA) is 83.9 Å². The maximum absolute atomic E-state index is 12.4. The Bertz CT molecular complexity index is 905. The normalized spacial score (nSPS) is 17.5. The highest BCUT2D eigenvalue weighted by atomic mass is 32.2. The van der Waals surface area contributed by atoms with Crippen molar-refractivity contribution >= 4 is 32.9 Å². The van der Waals surface area contributed by atoms with Gasteiger partial charge in [0.15, 0.2) is 15.6 Å². The lowest BCUT2D eigenvalue weighted by Gasteiger charge is -2.12. The Hall–Kier alpha value is -2.28. The molecule has 1 aliphatic heterocycles. The second kappa shape index (κ2) is 6.22. The summed E-state index contributed by atoms with van der Waals surface area (Å²) in [5.74, 6) is -0.378. The zero-order valence-corrected chi connectivity index (χ0v) is 15.3. The van der Waals surface area contributed by atoms with Gasteiger partial charge >= 0.3 is 0 Å². The summed E-state index contributed by atoms with van der Waals surface area (Å²) in [4.78, 5) is 30.1. The number of carbonyl (C=O) groups is 2. The quantitative estimate of drug-likeness (QED) is 0.802. The third kappa shape index (κ3) is 3.28. The van der Waals surface area contributed by atoms with Gasteiger partial charge in [-0.05, 0) is 25.0 Å². The summed E-state index contributed by atoms with van der Waals surface area (Å²) in [7, 11) is 0.0310. The van der Waals surface area contributed by atoms with E-state index in [0.29, 0.717) is 35.4 Å². The highest BCUT2D eigenvalue weighted by Crippen LogP contribution is 2.35. The number of Topliss-reactive ketones (excluding diaryl/α,β-unsaturated/α-hetero) is 1. The van der Waals surface area contributed by atoms with Crippen molar-refractivity contribution in [3.05, 3.63) is 35.4 Å². The van der Waals surface area contributed by atoms with E-state index in [2.05, 4.69) is 4.99 Å². The minimum absolute atomic E-state index is 0.174. The number of aliphatic imine (C=N–C) groups is 1. The number of amides is 1. The van der Waals surface area contributed by atoms with Crippen molar-refractivity contribution in [2.45, 2.75) is 36.3 Å². The van der Waals surface area contributed by atoms with Crippen molar-refractivity contribution in [2.24, 2.45) is 4.99 Å². The molecule has 1 aromatic rings. The highest BCUT2D eigenvalue weighted by Gasteiger charge is 2.37. The molecule has 0 atom stereocenters. The molecule has 0 saturated heterocycles. The molecule has 1 amide bonds. The van der Waals surface area contributed by atoms with Gasteiger partial charge in [-0.15, -0.1) is 0 Å². The molecule has 3 rings (SSSR count). The first-order chi connectivity index (χ1) is 11.7. The van der Waals surface area contributed by atoms with Gasteiger partial charge in [-0.2, -0.15) is 0 Å². The summed E-state index contributed by atoms with van der Waals surface area (Å²) in [5.41, 5.74) is 1.87.